The lowest BCUT2D eigenvalue weighted by atomic mass is 10.1. The molecule has 0 heterocycles. The van der Waals surface area contributed by atoms with Crippen LogP contribution in [0.2, 0.25) is 0 Å². The van der Waals surface area contributed by atoms with Crippen molar-refractivity contribution < 1.29 is 14.3 Å². The molecule has 0 aliphatic carbocycles. The molecule has 0 aromatic heterocycles. The van der Waals surface area contributed by atoms with Gasteiger partial charge in [0.15, 0.2) is 0 Å². The Balaban J connectivity index is 2.45. The van der Waals surface area contributed by atoms with Crippen molar-refractivity contribution >= 4 is 17.3 Å². The summed E-state index contributed by atoms with van der Waals surface area (Å²) in [6, 6.07) is 5.21. The first-order chi connectivity index (χ1) is 10.2. The Morgan fingerprint density at radius 3 is 2.71 bits per heavy atom. The largest absolute Gasteiger partial charge is 0.462 e. The first-order valence-electron chi connectivity index (χ1n) is 7.57. The highest BCUT2D eigenvalue weighted by atomic mass is 16.5. The highest BCUT2D eigenvalue weighted by Crippen LogP contribution is 2.20. The van der Waals surface area contributed by atoms with Gasteiger partial charge in [-0.2, -0.15) is 0 Å². The highest BCUT2D eigenvalue weighted by Gasteiger charge is 2.12. The zero-order chi connectivity index (χ0) is 15.5. The van der Waals surface area contributed by atoms with Crippen molar-refractivity contribution in [2.24, 2.45) is 0 Å². The number of ether oxygens (including phenoxy) is 2. The average Bonchev–Trinajstić information content (AvgIpc) is 2.47. The minimum atomic E-state index is -0.355. The number of esters is 1. The molecule has 0 aliphatic rings. The van der Waals surface area contributed by atoms with Crippen LogP contribution in [0.3, 0.4) is 0 Å². The predicted molar refractivity (Wildman–Crippen MR) is 85.6 cm³/mol. The molecular formula is C16H26N2O3. The summed E-state index contributed by atoms with van der Waals surface area (Å²) in [5, 5.41) is 3.23. The fourth-order valence-corrected chi connectivity index (χ4v) is 1.84. The van der Waals surface area contributed by atoms with Crippen LogP contribution >= 0.6 is 0 Å². The van der Waals surface area contributed by atoms with Gasteiger partial charge in [-0.25, -0.2) is 4.79 Å². The summed E-state index contributed by atoms with van der Waals surface area (Å²) in [4.78, 5) is 11.9. The van der Waals surface area contributed by atoms with Crippen molar-refractivity contribution in [3.05, 3.63) is 23.8 Å². The number of nitrogens with two attached hydrogens (primary N) is 1. The second kappa shape index (κ2) is 10.0. The number of hydrogen-bond donors (Lipinski definition) is 2. The van der Waals surface area contributed by atoms with Crippen LogP contribution in [0.5, 0.6) is 0 Å². The van der Waals surface area contributed by atoms with Crippen molar-refractivity contribution in [2.45, 2.75) is 33.1 Å². The lowest BCUT2D eigenvalue weighted by Gasteiger charge is -2.12. The Labute approximate surface area is 126 Å². The molecule has 1 aromatic carbocycles. The van der Waals surface area contributed by atoms with Gasteiger partial charge in [-0.3, -0.25) is 0 Å². The lowest BCUT2D eigenvalue weighted by Crippen LogP contribution is -2.12. The maximum Gasteiger partial charge on any atom is 0.340 e. The van der Waals surface area contributed by atoms with Crippen LogP contribution < -0.4 is 11.1 Å². The van der Waals surface area contributed by atoms with Crippen LogP contribution in [0.25, 0.3) is 0 Å². The first kappa shape index (κ1) is 17.3. The molecule has 0 unspecified atom stereocenters. The second-order valence-corrected chi connectivity index (χ2v) is 4.77. The van der Waals surface area contributed by atoms with Crippen molar-refractivity contribution in [3.8, 4) is 0 Å². The van der Waals surface area contributed by atoms with Crippen LogP contribution in [0.4, 0.5) is 11.4 Å². The van der Waals surface area contributed by atoms with E-state index in [0.717, 1.165) is 44.7 Å². The van der Waals surface area contributed by atoms with Gasteiger partial charge in [0.2, 0.25) is 0 Å². The molecule has 3 N–H and O–H groups in total. The zero-order valence-electron chi connectivity index (χ0n) is 13.0. The molecule has 0 atom stereocenters. The quantitative estimate of drug-likeness (QED) is 0.394. The number of nitrogens with one attached hydrogen (secondary N) is 1. The minimum absolute atomic E-state index is 0.346. The third-order valence-corrected chi connectivity index (χ3v) is 2.96. The number of benzene rings is 1. The number of anilines is 2. The number of rotatable bonds is 10. The van der Waals surface area contributed by atoms with Crippen molar-refractivity contribution in [2.75, 3.05) is 37.4 Å². The van der Waals surface area contributed by atoms with Gasteiger partial charge in [-0.15, -0.1) is 0 Å². The van der Waals surface area contributed by atoms with Gasteiger partial charge < -0.3 is 20.5 Å². The van der Waals surface area contributed by atoms with Crippen molar-refractivity contribution in [1.29, 1.82) is 0 Å². The van der Waals surface area contributed by atoms with Gasteiger partial charge in [0, 0.05) is 31.1 Å². The van der Waals surface area contributed by atoms with Gasteiger partial charge in [0.25, 0.3) is 0 Å². The summed E-state index contributed by atoms with van der Waals surface area (Å²) in [7, 11) is 0. The topological polar surface area (TPSA) is 73.6 Å². The minimum Gasteiger partial charge on any atom is -0.462 e. The maximum atomic E-state index is 11.9. The monoisotopic (exact) mass is 294 g/mol. The SMILES string of the molecule is CCCCOCCCNc1ccc(N)cc1C(=O)OCC. The molecular weight excluding hydrogens is 268 g/mol. The van der Waals surface area contributed by atoms with Gasteiger partial charge in [0.1, 0.15) is 0 Å². The molecule has 0 saturated heterocycles. The van der Waals surface area contributed by atoms with Gasteiger partial charge in [-0.1, -0.05) is 13.3 Å². The number of hydrogen-bond acceptors (Lipinski definition) is 5. The van der Waals surface area contributed by atoms with E-state index in [4.69, 9.17) is 15.2 Å². The van der Waals surface area contributed by atoms with E-state index in [2.05, 4.69) is 12.2 Å². The third-order valence-electron chi connectivity index (χ3n) is 2.96. The van der Waals surface area contributed by atoms with E-state index in [9.17, 15) is 4.79 Å². The van der Waals surface area contributed by atoms with E-state index in [-0.39, 0.29) is 5.97 Å². The Morgan fingerprint density at radius 2 is 2.00 bits per heavy atom. The van der Waals surface area contributed by atoms with E-state index in [0.29, 0.717) is 17.9 Å². The van der Waals surface area contributed by atoms with E-state index in [1.54, 1.807) is 25.1 Å². The fraction of sp³-hybridized carbons (Fsp3) is 0.562. The molecule has 5 heteroatoms. The number of nitrogen functional groups attached to an aromatic ring is 1. The Hall–Kier alpha value is -1.75. The van der Waals surface area contributed by atoms with Crippen LogP contribution in [0.1, 0.15) is 43.5 Å². The standard InChI is InChI=1S/C16H26N2O3/c1-3-5-10-20-11-6-9-18-15-8-7-13(17)12-14(15)16(19)21-4-2/h7-8,12,18H,3-6,9-11,17H2,1-2H3. The van der Waals surface area contributed by atoms with Crippen LogP contribution in [-0.2, 0) is 9.47 Å². The van der Waals surface area contributed by atoms with Crippen molar-refractivity contribution in [3.63, 3.8) is 0 Å². The average molecular weight is 294 g/mol. The molecule has 0 bridgehead atoms. The molecule has 1 aromatic rings. The highest BCUT2D eigenvalue weighted by molar-refractivity contribution is 5.96. The van der Waals surface area contributed by atoms with Gasteiger partial charge >= 0.3 is 5.97 Å². The van der Waals surface area contributed by atoms with E-state index >= 15 is 0 Å². The summed E-state index contributed by atoms with van der Waals surface area (Å²) < 4.78 is 10.5. The Bertz CT molecular complexity index is 436. The summed E-state index contributed by atoms with van der Waals surface area (Å²) in [5.74, 6) is -0.355. The second-order valence-electron chi connectivity index (χ2n) is 4.77. The fourth-order valence-electron chi connectivity index (χ4n) is 1.84. The van der Waals surface area contributed by atoms with Crippen molar-refractivity contribution in [1.82, 2.24) is 0 Å². The van der Waals surface area contributed by atoms with Gasteiger partial charge in [0.05, 0.1) is 12.2 Å². The first-order valence-corrected chi connectivity index (χ1v) is 7.57. The molecule has 5 nitrogen and oxygen atoms in total. The Kier molecular flexibility index (Phi) is 8.28. The molecule has 0 radical (unpaired) electrons. The van der Waals surface area contributed by atoms with Gasteiger partial charge in [-0.05, 0) is 38.0 Å². The van der Waals surface area contributed by atoms with E-state index in [1.807, 2.05) is 0 Å². The molecule has 0 amide bonds. The number of carbonyl (C=O) groups is 1. The molecule has 21 heavy (non-hydrogen) atoms. The van der Waals surface area contributed by atoms with Crippen LogP contribution in [0.15, 0.2) is 18.2 Å². The maximum absolute atomic E-state index is 11.9. The predicted octanol–water partition coefficient (Wildman–Crippen LogP) is 3.06. The molecule has 1 rings (SSSR count). The molecule has 118 valence electrons. The molecule has 0 spiro atoms. The smallest absolute Gasteiger partial charge is 0.340 e. The van der Waals surface area contributed by atoms with Crippen LogP contribution in [0, 0.1) is 0 Å². The summed E-state index contributed by atoms with van der Waals surface area (Å²) in [6.45, 7) is 6.54. The van der Waals surface area contributed by atoms with Crippen LogP contribution in [-0.4, -0.2) is 32.3 Å². The zero-order valence-corrected chi connectivity index (χ0v) is 13.0. The summed E-state index contributed by atoms with van der Waals surface area (Å²) >= 11 is 0. The van der Waals surface area contributed by atoms with E-state index in [1.165, 1.54) is 0 Å². The lowest BCUT2D eigenvalue weighted by molar-refractivity contribution is 0.0527. The summed E-state index contributed by atoms with van der Waals surface area (Å²) in [5.41, 5.74) is 7.50. The normalized spacial score (nSPS) is 10.4. The molecule has 0 fully saturated rings. The Morgan fingerprint density at radius 1 is 1.24 bits per heavy atom. The number of carbonyl (C=O) groups excluding carboxylic acids is 1. The number of unbranched alkanes of at least 4 members (excludes halogenated alkanes) is 1. The van der Waals surface area contributed by atoms with E-state index < -0.39 is 0 Å². The third kappa shape index (κ3) is 6.49. The molecule has 0 saturated carbocycles. The molecule has 0 aliphatic heterocycles. The summed E-state index contributed by atoms with van der Waals surface area (Å²) in [6.07, 6.45) is 3.13.